The summed E-state index contributed by atoms with van der Waals surface area (Å²) in [5.74, 6) is 1.63. The van der Waals surface area contributed by atoms with E-state index in [0.29, 0.717) is 18.9 Å². The van der Waals surface area contributed by atoms with Crippen LogP contribution in [0.3, 0.4) is 0 Å². The van der Waals surface area contributed by atoms with Crippen LogP contribution in [0.2, 0.25) is 0 Å². The van der Waals surface area contributed by atoms with Gasteiger partial charge in [-0.2, -0.15) is 9.61 Å². The Bertz CT molecular complexity index is 650. The fourth-order valence-electron chi connectivity index (χ4n) is 2.22. The highest BCUT2D eigenvalue weighted by atomic mass is 32.1. The van der Waals surface area contributed by atoms with E-state index in [1.54, 1.807) is 11.3 Å². The molecule has 0 aromatic carbocycles. The van der Waals surface area contributed by atoms with Crippen LogP contribution in [0.4, 0.5) is 0 Å². The van der Waals surface area contributed by atoms with Gasteiger partial charge in [-0.05, 0) is 18.3 Å². The first-order chi connectivity index (χ1) is 9.92. The summed E-state index contributed by atoms with van der Waals surface area (Å²) < 4.78 is 1.87. The Morgan fingerprint density at radius 3 is 2.81 bits per heavy atom. The van der Waals surface area contributed by atoms with E-state index in [2.05, 4.69) is 41.4 Å². The van der Waals surface area contributed by atoms with Crippen molar-refractivity contribution in [1.82, 2.24) is 25.1 Å². The molecule has 114 valence electrons. The van der Waals surface area contributed by atoms with Gasteiger partial charge in [0, 0.05) is 25.3 Å². The molecule has 6 nitrogen and oxygen atoms in total. The standard InChI is InChI=1S/C14H21N5OS/c1-14(2,3)8-10(20)15-7-6-11-18-19-12(9-4-5-9)16-17-13(19)21-11/h9H,4-8H2,1-3H3,(H,15,20). The number of nitrogens with zero attached hydrogens (tertiary/aromatic N) is 4. The smallest absolute Gasteiger partial charge is 0.234 e. The Hall–Kier alpha value is -1.50. The molecule has 7 heteroatoms. The first-order valence-electron chi connectivity index (χ1n) is 7.40. The van der Waals surface area contributed by atoms with Crippen LogP contribution >= 0.6 is 11.3 Å². The molecular formula is C14H21N5OS. The van der Waals surface area contributed by atoms with Gasteiger partial charge in [0.15, 0.2) is 5.82 Å². The Morgan fingerprint density at radius 1 is 1.38 bits per heavy atom. The number of carbonyl (C=O) groups is 1. The third kappa shape index (κ3) is 3.58. The van der Waals surface area contributed by atoms with E-state index in [1.807, 2.05) is 4.52 Å². The summed E-state index contributed by atoms with van der Waals surface area (Å²) in [6, 6.07) is 0. The zero-order valence-electron chi connectivity index (χ0n) is 12.7. The van der Waals surface area contributed by atoms with E-state index in [9.17, 15) is 4.79 Å². The molecule has 0 atom stereocenters. The van der Waals surface area contributed by atoms with E-state index in [-0.39, 0.29) is 11.3 Å². The molecule has 2 aromatic heterocycles. The summed E-state index contributed by atoms with van der Waals surface area (Å²) in [5.41, 5.74) is 0.0246. The topological polar surface area (TPSA) is 72.2 Å². The zero-order chi connectivity index (χ0) is 15.0. The molecule has 0 aliphatic heterocycles. The largest absolute Gasteiger partial charge is 0.356 e. The Morgan fingerprint density at radius 2 is 2.14 bits per heavy atom. The number of hydrogen-bond donors (Lipinski definition) is 1. The Balaban J connectivity index is 1.55. The van der Waals surface area contributed by atoms with E-state index < -0.39 is 0 Å². The molecule has 0 bridgehead atoms. The number of nitrogens with one attached hydrogen (secondary N) is 1. The first-order valence-corrected chi connectivity index (χ1v) is 8.22. The lowest BCUT2D eigenvalue weighted by molar-refractivity contribution is -0.122. The number of aromatic nitrogens is 4. The van der Waals surface area contributed by atoms with Crippen molar-refractivity contribution in [3.05, 3.63) is 10.8 Å². The maximum atomic E-state index is 11.8. The normalized spacial score (nSPS) is 15.6. The highest BCUT2D eigenvalue weighted by Gasteiger charge is 2.30. The van der Waals surface area contributed by atoms with Gasteiger partial charge in [0.25, 0.3) is 0 Å². The van der Waals surface area contributed by atoms with Gasteiger partial charge in [-0.3, -0.25) is 4.79 Å². The van der Waals surface area contributed by atoms with Crippen molar-refractivity contribution in [2.75, 3.05) is 6.54 Å². The summed E-state index contributed by atoms with van der Waals surface area (Å²) >= 11 is 1.56. The first kappa shape index (κ1) is 14.4. The molecule has 1 amide bonds. The second-order valence-corrected chi connectivity index (χ2v) is 7.90. The van der Waals surface area contributed by atoms with Crippen molar-refractivity contribution in [3.63, 3.8) is 0 Å². The number of rotatable bonds is 5. The highest BCUT2D eigenvalue weighted by Crippen LogP contribution is 2.39. The second kappa shape index (κ2) is 5.36. The van der Waals surface area contributed by atoms with Crippen molar-refractivity contribution in [1.29, 1.82) is 0 Å². The lowest BCUT2D eigenvalue weighted by Crippen LogP contribution is -2.29. The minimum Gasteiger partial charge on any atom is -0.356 e. The van der Waals surface area contributed by atoms with Gasteiger partial charge in [-0.15, -0.1) is 10.2 Å². The molecule has 0 radical (unpaired) electrons. The van der Waals surface area contributed by atoms with Crippen molar-refractivity contribution in [3.8, 4) is 0 Å². The quantitative estimate of drug-likeness (QED) is 0.918. The van der Waals surface area contributed by atoms with E-state index in [1.165, 1.54) is 12.8 Å². The average molecular weight is 307 g/mol. The third-order valence-corrected chi connectivity index (χ3v) is 4.31. The van der Waals surface area contributed by atoms with Crippen LogP contribution in [0.5, 0.6) is 0 Å². The molecule has 1 aliphatic rings. The third-order valence-electron chi connectivity index (χ3n) is 3.35. The Kier molecular flexibility index (Phi) is 3.69. The van der Waals surface area contributed by atoms with Crippen LogP contribution in [0.15, 0.2) is 0 Å². The molecule has 1 fully saturated rings. The number of carbonyl (C=O) groups excluding carboxylic acids is 1. The molecule has 0 spiro atoms. The van der Waals surface area contributed by atoms with E-state index >= 15 is 0 Å². The lowest BCUT2D eigenvalue weighted by atomic mass is 9.92. The minimum absolute atomic E-state index is 0.0246. The van der Waals surface area contributed by atoms with Crippen LogP contribution in [0.1, 0.15) is 56.8 Å². The maximum absolute atomic E-state index is 11.8. The molecule has 1 aliphatic carbocycles. The van der Waals surface area contributed by atoms with Crippen LogP contribution in [0.25, 0.3) is 4.96 Å². The summed E-state index contributed by atoms with van der Waals surface area (Å²) in [6.07, 6.45) is 3.67. The summed E-state index contributed by atoms with van der Waals surface area (Å²) in [4.78, 5) is 12.6. The second-order valence-electron chi connectivity index (χ2n) is 6.86. The van der Waals surface area contributed by atoms with Crippen LogP contribution < -0.4 is 5.32 Å². The lowest BCUT2D eigenvalue weighted by Gasteiger charge is -2.16. The van der Waals surface area contributed by atoms with E-state index in [4.69, 9.17) is 0 Å². The van der Waals surface area contributed by atoms with Gasteiger partial charge in [-0.1, -0.05) is 32.1 Å². The molecule has 1 saturated carbocycles. The minimum atomic E-state index is 0.0246. The molecule has 0 saturated heterocycles. The predicted octanol–water partition coefficient (Wildman–Crippen LogP) is 2.16. The van der Waals surface area contributed by atoms with Crippen molar-refractivity contribution < 1.29 is 4.79 Å². The Labute approximate surface area is 128 Å². The summed E-state index contributed by atoms with van der Waals surface area (Å²) in [7, 11) is 0. The molecule has 2 aromatic rings. The molecule has 3 rings (SSSR count). The monoisotopic (exact) mass is 307 g/mol. The van der Waals surface area contributed by atoms with Gasteiger partial charge < -0.3 is 5.32 Å². The van der Waals surface area contributed by atoms with Crippen molar-refractivity contribution in [2.24, 2.45) is 5.41 Å². The number of amides is 1. The highest BCUT2D eigenvalue weighted by molar-refractivity contribution is 7.16. The summed E-state index contributed by atoms with van der Waals surface area (Å²) in [5, 5.41) is 16.9. The van der Waals surface area contributed by atoms with Gasteiger partial charge >= 0.3 is 0 Å². The van der Waals surface area contributed by atoms with Crippen LogP contribution in [0, 0.1) is 5.41 Å². The zero-order valence-corrected chi connectivity index (χ0v) is 13.5. The number of hydrogen-bond acceptors (Lipinski definition) is 5. The fraction of sp³-hybridized carbons (Fsp3) is 0.714. The molecule has 0 unspecified atom stereocenters. The van der Waals surface area contributed by atoms with Crippen LogP contribution in [-0.2, 0) is 11.2 Å². The van der Waals surface area contributed by atoms with E-state index in [0.717, 1.165) is 22.2 Å². The summed E-state index contributed by atoms with van der Waals surface area (Å²) in [6.45, 7) is 6.82. The maximum Gasteiger partial charge on any atom is 0.234 e. The van der Waals surface area contributed by atoms with Gasteiger partial charge in [0.2, 0.25) is 10.9 Å². The number of fused-ring (bicyclic) bond motifs is 1. The average Bonchev–Trinajstić information content (AvgIpc) is 2.99. The van der Waals surface area contributed by atoms with Crippen LogP contribution in [-0.4, -0.2) is 32.3 Å². The predicted molar refractivity (Wildman–Crippen MR) is 81.4 cm³/mol. The molecule has 2 heterocycles. The van der Waals surface area contributed by atoms with Gasteiger partial charge in [-0.25, -0.2) is 0 Å². The molecule has 21 heavy (non-hydrogen) atoms. The fourth-order valence-corrected chi connectivity index (χ4v) is 3.06. The molecule has 1 N–H and O–H groups in total. The van der Waals surface area contributed by atoms with Gasteiger partial charge in [0.05, 0.1) is 0 Å². The molecular weight excluding hydrogens is 286 g/mol. The SMILES string of the molecule is CC(C)(C)CC(=O)NCCc1nn2c(C3CC3)nnc2s1. The van der Waals surface area contributed by atoms with Crippen molar-refractivity contribution >= 4 is 22.2 Å². The van der Waals surface area contributed by atoms with Crippen molar-refractivity contribution in [2.45, 2.75) is 52.4 Å². The van der Waals surface area contributed by atoms with Gasteiger partial charge in [0.1, 0.15) is 5.01 Å².